The van der Waals surface area contributed by atoms with Gasteiger partial charge in [-0.3, -0.25) is 9.59 Å². The van der Waals surface area contributed by atoms with Gasteiger partial charge in [0.05, 0.1) is 30.7 Å². The zero-order valence-electron chi connectivity index (χ0n) is 23.8. The Balaban J connectivity index is 1.51. The number of ether oxygens (including phenoxy) is 2. The standard InChI is InChI=1S/C30H41NO10/c1-4-18(2)30(36)41-27-15-23(33)13-21-8-5-19(3)26(29(21)27)12-9-22(32)14-24(34)16-28(35)40-25-10-6-20(7-11-25)17-39-31(37)38/h5-8,10-11,13,18-19,22-24,26-27,29,32-34H,4,9,12,14-17H2,1-3H3/t18-,19-,22+,23+,24+,26-,27-,29-/m0/s1. The molecule has 226 valence electrons. The van der Waals surface area contributed by atoms with Crippen LogP contribution in [0.3, 0.4) is 0 Å². The first-order valence-corrected chi connectivity index (χ1v) is 14.2. The van der Waals surface area contributed by atoms with Crippen molar-refractivity contribution >= 4 is 11.9 Å². The Morgan fingerprint density at radius 2 is 1.88 bits per heavy atom. The molecule has 0 aromatic heterocycles. The van der Waals surface area contributed by atoms with Crippen LogP contribution in [0.2, 0.25) is 0 Å². The maximum absolute atomic E-state index is 12.6. The van der Waals surface area contributed by atoms with Gasteiger partial charge < -0.3 is 29.6 Å². The molecule has 0 heterocycles. The normalized spacial score (nSPS) is 25.7. The Labute approximate surface area is 239 Å². The number of carbonyl (C=O) groups is 2. The molecule has 1 aromatic carbocycles. The Bertz CT molecular complexity index is 1100. The van der Waals surface area contributed by atoms with Gasteiger partial charge in [0.15, 0.2) is 0 Å². The van der Waals surface area contributed by atoms with Gasteiger partial charge in [-0.1, -0.05) is 51.1 Å². The number of nitrogens with zero attached hydrogens (tertiary/aromatic N) is 1. The van der Waals surface area contributed by atoms with Gasteiger partial charge >= 0.3 is 11.9 Å². The van der Waals surface area contributed by atoms with Gasteiger partial charge in [0.2, 0.25) is 0 Å². The molecule has 1 aromatic rings. The third-order valence-corrected chi connectivity index (χ3v) is 7.93. The van der Waals surface area contributed by atoms with Crippen LogP contribution in [0.4, 0.5) is 0 Å². The molecule has 0 radical (unpaired) electrons. The number of aliphatic hydroxyl groups excluding tert-OH is 3. The molecule has 0 aliphatic heterocycles. The van der Waals surface area contributed by atoms with Gasteiger partial charge in [0.1, 0.15) is 18.5 Å². The second-order valence-corrected chi connectivity index (χ2v) is 11.1. The molecule has 0 saturated heterocycles. The van der Waals surface area contributed by atoms with Gasteiger partial charge in [-0.25, -0.2) is 0 Å². The first kappa shape index (κ1) is 32.2. The predicted octanol–water partition coefficient (Wildman–Crippen LogP) is 3.67. The third kappa shape index (κ3) is 9.65. The van der Waals surface area contributed by atoms with Gasteiger partial charge in [0, 0.05) is 12.3 Å². The van der Waals surface area contributed by atoms with Gasteiger partial charge in [-0.15, -0.1) is 10.1 Å². The number of fused-ring (bicyclic) bond motifs is 1. The molecule has 41 heavy (non-hydrogen) atoms. The van der Waals surface area contributed by atoms with E-state index in [1.165, 1.54) is 24.3 Å². The minimum atomic E-state index is -1.11. The number of rotatable bonds is 14. The zero-order chi connectivity index (χ0) is 30.1. The van der Waals surface area contributed by atoms with E-state index < -0.39 is 35.5 Å². The van der Waals surface area contributed by atoms with E-state index in [1.54, 1.807) is 0 Å². The maximum atomic E-state index is 12.6. The van der Waals surface area contributed by atoms with Crippen molar-refractivity contribution < 1.29 is 44.3 Å². The van der Waals surface area contributed by atoms with Gasteiger partial charge in [-0.05, 0) is 60.8 Å². The summed E-state index contributed by atoms with van der Waals surface area (Å²) < 4.78 is 11.1. The summed E-state index contributed by atoms with van der Waals surface area (Å²) in [6.45, 7) is 5.60. The van der Waals surface area contributed by atoms with Crippen LogP contribution in [0, 0.1) is 33.8 Å². The molecule has 0 saturated carbocycles. The number of allylic oxidation sites excluding steroid dienone is 2. The Kier molecular flexibility index (Phi) is 11.9. The predicted molar refractivity (Wildman–Crippen MR) is 148 cm³/mol. The van der Waals surface area contributed by atoms with E-state index >= 15 is 0 Å². The molecule has 0 unspecified atom stereocenters. The number of esters is 2. The van der Waals surface area contributed by atoms with E-state index in [0.29, 0.717) is 31.2 Å². The highest BCUT2D eigenvalue weighted by molar-refractivity contribution is 5.73. The molecule has 0 fully saturated rings. The molecule has 11 heteroatoms. The molecular weight excluding hydrogens is 534 g/mol. The lowest BCUT2D eigenvalue weighted by Crippen LogP contribution is -2.43. The molecule has 2 aliphatic carbocycles. The van der Waals surface area contributed by atoms with Crippen molar-refractivity contribution in [1.29, 1.82) is 0 Å². The highest BCUT2D eigenvalue weighted by atomic mass is 16.9. The van der Waals surface area contributed by atoms with Crippen LogP contribution in [0.1, 0.15) is 64.9 Å². The Morgan fingerprint density at radius 1 is 1.17 bits per heavy atom. The highest BCUT2D eigenvalue weighted by Gasteiger charge is 2.42. The summed E-state index contributed by atoms with van der Waals surface area (Å²) >= 11 is 0. The summed E-state index contributed by atoms with van der Waals surface area (Å²) in [6.07, 6.45) is 4.37. The quantitative estimate of drug-likeness (QED) is 0.129. The summed E-state index contributed by atoms with van der Waals surface area (Å²) in [6, 6.07) is 5.99. The van der Waals surface area contributed by atoms with Crippen LogP contribution < -0.4 is 4.74 Å². The summed E-state index contributed by atoms with van der Waals surface area (Å²) in [7, 11) is 0. The van der Waals surface area contributed by atoms with E-state index in [4.69, 9.17) is 9.47 Å². The molecular formula is C30H41NO10. The largest absolute Gasteiger partial charge is 0.461 e. The van der Waals surface area contributed by atoms with Crippen LogP contribution in [0.15, 0.2) is 48.1 Å². The van der Waals surface area contributed by atoms with Gasteiger partial charge in [0.25, 0.3) is 5.09 Å². The Morgan fingerprint density at radius 3 is 2.54 bits per heavy atom. The average Bonchev–Trinajstić information content (AvgIpc) is 2.91. The van der Waals surface area contributed by atoms with Crippen LogP contribution in [0.5, 0.6) is 5.75 Å². The van der Waals surface area contributed by atoms with Crippen LogP contribution in [-0.2, 0) is 25.8 Å². The number of carbonyl (C=O) groups excluding carboxylic acids is 2. The number of hydrogen-bond donors (Lipinski definition) is 3. The fourth-order valence-corrected chi connectivity index (χ4v) is 5.47. The molecule has 8 atom stereocenters. The lowest BCUT2D eigenvalue weighted by Gasteiger charge is -2.43. The minimum absolute atomic E-state index is 0.0122. The summed E-state index contributed by atoms with van der Waals surface area (Å²) in [5, 5.41) is 40.9. The van der Waals surface area contributed by atoms with Crippen molar-refractivity contribution in [2.45, 2.75) is 90.3 Å². The third-order valence-electron chi connectivity index (χ3n) is 7.93. The fourth-order valence-electron chi connectivity index (χ4n) is 5.47. The molecule has 3 rings (SSSR count). The van der Waals surface area contributed by atoms with E-state index in [9.17, 15) is 35.0 Å². The number of aliphatic hydroxyl groups is 3. The smallest absolute Gasteiger partial charge is 0.313 e. The first-order chi connectivity index (χ1) is 19.5. The molecule has 2 aliphatic rings. The van der Waals surface area contributed by atoms with Crippen molar-refractivity contribution in [3.63, 3.8) is 0 Å². The van der Waals surface area contributed by atoms with Crippen molar-refractivity contribution in [2.75, 3.05) is 0 Å². The van der Waals surface area contributed by atoms with E-state index in [1.807, 2.05) is 26.0 Å². The zero-order valence-corrected chi connectivity index (χ0v) is 23.8. The summed E-state index contributed by atoms with van der Waals surface area (Å²) in [5.41, 5.74) is 1.46. The van der Waals surface area contributed by atoms with Crippen LogP contribution in [-0.4, -0.2) is 56.8 Å². The van der Waals surface area contributed by atoms with E-state index in [-0.39, 0.29) is 54.8 Å². The SMILES string of the molecule is CC[C@H](C)C(=O)O[C@H]1C[C@H](O)C=C2C=C[C@H](C)[C@H](CC[C@@H](O)C[C@@H](O)CC(=O)Oc3ccc(CO[N+](=O)[O-])cc3)[C@H]21. The monoisotopic (exact) mass is 575 g/mol. The highest BCUT2D eigenvalue weighted by Crippen LogP contribution is 2.44. The fraction of sp³-hybridized carbons (Fsp3) is 0.600. The molecule has 11 nitrogen and oxygen atoms in total. The molecule has 3 N–H and O–H groups in total. The summed E-state index contributed by atoms with van der Waals surface area (Å²) in [5.74, 6) is -0.853. The van der Waals surface area contributed by atoms with E-state index in [2.05, 4.69) is 17.8 Å². The van der Waals surface area contributed by atoms with Crippen LogP contribution in [0.25, 0.3) is 0 Å². The number of hydrogen-bond acceptors (Lipinski definition) is 10. The number of benzene rings is 1. The van der Waals surface area contributed by atoms with Crippen molar-refractivity contribution in [2.24, 2.45) is 23.7 Å². The van der Waals surface area contributed by atoms with Crippen molar-refractivity contribution in [3.8, 4) is 5.75 Å². The Hall–Kier alpha value is -3.28. The van der Waals surface area contributed by atoms with E-state index in [0.717, 1.165) is 5.57 Å². The average molecular weight is 576 g/mol. The minimum Gasteiger partial charge on any atom is -0.461 e. The molecule has 0 bridgehead atoms. The first-order valence-electron chi connectivity index (χ1n) is 14.2. The second kappa shape index (κ2) is 15.1. The topological polar surface area (TPSA) is 166 Å². The van der Waals surface area contributed by atoms with Crippen molar-refractivity contribution in [3.05, 3.63) is 63.7 Å². The lowest BCUT2D eigenvalue weighted by atomic mass is 9.66. The van der Waals surface area contributed by atoms with Crippen molar-refractivity contribution in [1.82, 2.24) is 0 Å². The second-order valence-electron chi connectivity index (χ2n) is 11.1. The lowest BCUT2D eigenvalue weighted by molar-refractivity contribution is -0.763. The summed E-state index contributed by atoms with van der Waals surface area (Å²) in [4.78, 5) is 39.4. The molecule has 0 amide bonds. The van der Waals surface area contributed by atoms with Gasteiger partial charge in [-0.2, -0.15) is 0 Å². The molecule has 0 spiro atoms. The maximum Gasteiger partial charge on any atom is 0.313 e. The van der Waals surface area contributed by atoms with Crippen LogP contribution >= 0.6 is 0 Å².